The summed E-state index contributed by atoms with van der Waals surface area (Å²) in [6.45, 7) is 19.3. The second-order valence-corrected chi connectivity index (χ2v) is 5.96. The number of halogens is 3. The summed E-state index contributed by atoms with van der Waals surface area (Å²) >= 11 is 3.48. The van der Waals surface area contributed by atoms with Gasteiger partial charge in [0.15, 0.2) is 0 Å². The van der Waals surface area contributed by atoms with Gasteiger partial charge in [0, 0.05) is 4.83 Å². The van der Waals surface area contributed by atoms with Crippen molar-refractivity contribution in [2.24, 2.45) is 0 Å². The first-order valence-corrected chi connectivity index (χ1v) is 9.03. The predicted octanol–water partition coefficient (Wildman–Crippen LogP) is 2.07. The molecule has 1 radical (unpaired) electrons. The van der Waals surface area contributed by atoms with Gasteiger partial charge in [0.25, 0.3) is 0 Å². The van der Waals surface area contributed by atoms with Gasteiger partial charge in [-0.3, -0.25) is 0 Å². The van der Waals surface area contributed by atoms with Crippen LogP contribution in [0.5, 0.6) is 0 Å². The fourth-order valence-corrected chi connectivity index (χ4v) is 1.02. The molecule has 0 aliphatic carbocycles. The summed E-state index contributed by atoms with van der Waals surface area (Å²) in [6, 6.07) is 10.3. The molecule has 0 amide bonds. The summed E-state index contributed by atoms with van der Waals surface area (Å²) in [5.41, 5.74) is 1.33. The van der Waals surface area contributed by atoms with Crippen molar-refractivity contribution in [2.45, 2.75) is 71.0 Å². The topological polar surface area (TPSA) is 0 Å². The first kappa shape index (κ1) is 45.4. The molecule has 2 atom stereocenters. The fraction of sp³-hybridized carbons (Fsp3) is 0.550. The average molecular weight is 606 g/mol. The third kappa shape index (κ3) is 51.7. The van der Waals surface area contributed by atoms with E-state index in [1.165, 1.54) is 24.8 Å². The molecule has 2 unspecified atom stereocenters. The molecule has 153 valence electrons. The van der Waals surface area contributed by atoms with Crippen molar-refractivity contribution in [1.82, 2.24) is 0 Å². The summed E-state index contributed by atoms with van der Waals surface area (Å²) in [4.78, 5) is 0.471. The van der Waals surface area contributed by atoms with Gasteiger partial charge in [0.1, 0.15) is 0 Å². The maximum atomic E-state index is 3.60. The minimum Gasteiger partial charge on any atom is -1.00 e. The van der Waals surface area contributed by atoms with Gasteiger partial charge in [-0.05, 0) is 12.5 Å². The molecule has 0 saturated carbocycles. The molecule has 1 aromatic carbocycles. The molecule has 1 rings (SSSR count). The van der Waals surface area contributed by atoms with Gasteiger partial charge in [-0.15, -0.1) is 0 Å². The van der Waals surface area contributed by atoms with E-state index in [1.807, 2.05) is 18.2 Å². The zero-order chi connectivity index (χ0) is 16.9. The molecule has 0 aliphatic heterocycles. The zero-order valence-corrected chi connectivity index (χ0v) is 23.8. The average Bonchev–Trinajstić information content (AvgIpc) is 2.56. The van der Waals surface area contributed by atoms with E-state index >= 15 is 0 Å². The summed E-state index contributed by atoms with van der Waals surface area (Å²) in [6.07, 6.45) is 6.83. The van der Waals surface area contributed by atoms with E-state index in [9.17, 15) is 0 Å². The molecule has 0 aromatic heterocycles. The quantitative estimate of drug-likeness (QED) is 0.214. The van der Waals surface area contributed by atoms with Crippen molar-refractivity contribution in [3.63, 3.8) is 0 Å². The van der Waals surface area contributed by atoms with Crippen molar-refractivity contribution in [3.05, 3.63) is 56.7 Å². The monoisotopic (exact) mass is 603 g/mol. The van der Waals surface area contributed by atoms with Crippen LogP contribution in [-0.4, -0.2) is 0 Å². The van der Waals surface area contributed by atoms with Crippen LogP contribution in [0.4, 0.5) is 0 Å². The van der Waals surface area contributed by atoms with Gasteiger partial charge in [-0.1, -0.05) is 86.3 Å². The van der Waals surface area contributed by atoms with Crippen molar-refractivity contribution in [1.29, 1.82) is 0 Å². The summed E-state index contributed by atoms with van der Waals surface area (Å²) in [7, 11) is 0. The van der Waals surface area contributed by atoms with Gasteiger partial charge in [0.2, 0.25) is 0 Å². The van der Waals surface area contributed by atoms with E-state index in [0.29, 0.717) is 4.83 Å². The SMILES string of the molecule is CC(Br)c1ccccc1.P.[Br-].[Br-].[CH2-]CCC.[CH2-]CCC.[CH2-]CCC.[Fe+5]. The molecule has 0 N–H and O–H groups in total. The Morgan fingerprint density at radius 1 is 0.800 bits per heavy atom. The molecule has 0 fully saturated rings. The number of rotatable bonds is 4. The van der Waals surface area contributed by atoms with Crippen LogP contribution in [0.25, 0.3) is 0 Å². The summed E-state index contributed by atoms with van der Waals surface area (Å²) in [5, 5.41) is 0. The molecule has 0 aliphatic rings. The molecule has 0 nitrogen and oxygen atoms in total. The molecular formula is C20H39Br3FeP. The predicted molar refractivity (Wildman–Crippen MR) is 116 cm³/mol. The van der Waals surface area contributed by atoms with Crippen LogP contribution in [0.15, 0.2) is 30.3 Å². The van der Waals surface area contributed by atoms with E-state index < -0.39 is 0 Å². The Morgan fingerprint density at radius 3 is 1.16 bits per heavy atom. The van der Waals surface area contributed by atoms with Gasteiger partial charge < -0.3 is 54.7 Å². The Bertz CT molecular complexity index is 245. The Hall–Kier alpha value is 1.61. The smallest absolute Gasteiger partial charge is 1.00 e. The first-order valence-electron chi connectivity index (χ1n) is 8.12. The Labute approximate surface area is 203 Å². The fourth-order valence-electron chi connectivity index (χ4n) is 0.718. The normalized spacial score (nSPS) is 8.32. The zero-order valence-electron chi connectivity index (χ0n) is 16.5. The standard InChI is InChI=1S/C8H9Br.3C4H9.2BrH.Fe.H3P/c1-7(9)8-5-3-2-4-6-8;3*1-3-4-2;;;;/h2-7H,1H3;3*1,3-4H2,2H3;2*1H;;1H3/q;3*-1;;;+5;/p-2. The second kappa shape index (κ2) is 44.8. The molecule has 0 heterocycles. The third-order valence-electron chi connectivity index (χ3n) is 2.32. The van der Waals surface area contributed by atoms with Crippen LogP contribution in [0.2, 0.25) is 0 Å². The van der Waals surface area contributed by atoms with E-state index in [2.05, 4.69) is 76.5 Å². The summed E-state index contributed by atoms with van der Waals surface area (Å²) in [5.74, 6) is 0. The Balaban J connectivity index is -0.0000000357. The number of benzene rings is 1. The minimum absolute atomic E-state index is 0. The van der Waals surface area contributed by atoms with Crippen LogP contribution < -0.4 is 34.0 Å². The van der Waals surface area contributed by atoms with E-state index in [0.717, 1.165) is 19.3 Å². The minimum atomic E-state index is 0. The first-order chi connectivity index (χ1) is 10.0. The van der Waals surface area contributed by atoms with Crippen LogP contribution in [-0.2, 0) is 17.1 Å². The Morgan fingerprint density at radius 2 is 1.04 bits per heavy atom. The van der Waals surface area contributed by atoms with Crippen LogP contribution >= 0.6 is 25.8 Å². The van der Waals surface area contributed by atoms with Gasteiger partial charge >= 0.3 is 17.1 Å². The maximum absolute atomic E-state index is 3.60. The van der Waals surface area contributed by atoms with Crippen LogP contribution in [0.1, 0.15) is 76.6 Å². The van der Waals surface area contributed by atoms with Gasteiger partial charge in [0.05, 0.1) is 0 Å². The summed E-state index contributed by atoms with van der Waals surface area (Å²) < 4.78 is 0. The second-order valence-electron chi connectivity index (χ2n) is 4.59. The van der Waals surface area contributed by atoms with Crippen molar-refractivity contribution in [2.75, 3.05) is 0 Å². The third-order valence-corrected chi connectivity index (χ3v) is 2.85. The van der Waals surface area contributed by atoms with E-state index in [-0.39, 0.29) is 60.9 Å². The number of hydrogen-bond acceptors (Lipinski definition) is 0. The molecule has 0 saturated heterocycles. The molecular weight excluding hydrogens is 567 g/mol. The molecule has 0 spiro atoms. The van der Waals surface area contributed by atoms with Crippen molar-refractivity contribution >= 4 is 25.8 Å². The molecule has 5 heteroatoms. The largest absolute Gasteiger partial charge is 5.00 e. The van der Waals surface area contributed by atoms with Crippen molar-refractivity contribution < 1.29 is 51.0 Å². The molecule has 25 heavy (non-hydrogen) atoms. The van der Waals surface area contributed by atoms with E-state index in [1.54, 1.807) is 0 Å². The van der Waals surface area contributed by atoms with Gasteiger partial charge in [-0.2, -0.15) is 29.2 Å². The number of alkyl halides is 1. The van der Waals surface area contributed by atoms with Crippen LogP contribution in [0, 0.1) is 20.8 Å². The van der Waals surface area contributed by atoms with Gasteiger partial charge in [-0.25, -0.2) is 0 Å². The Kier molecular flexibility index (Phi) is 81.3. The van der Waals surface area contributed by atoms with Crippen molar-refractivity contribution in [3.8, 4) is 0 Å². The van der Waals surface area contributed by atoms with Crippen LogP contribution in [0.3, 0.4) is 0 Å². The maximum Gasteiger partial charge on any atom is 5.00 e. The van der Waals surface area contributed by atoms with E-state index in [4.69, 9.17) is 0 Å². The number of hydrogen-bond donors (Lipinski definition) is 0. The number of unbranched alkanes of at least 4 members (excludes halogenated alkanes) is 3. The molecule has 0 bridgehead atoms. The molecule has 1 aromatic rings.